The topological polar surface area (TPSA) is 52.0 Å². The van der Waals surface area contributed by atoms with Crippen molar-refractivity contribution in [3.63, 3.8) is 0 Å². The lowest BCUT2D eigenvalue weighted by Crippen LogP contribution is -2.12. The van der Waals surface area contributed by atoms with E-state index in [-0.39, 0.29) is 12.0 Å². The lowest BCUT2D eigenvalue weighted by atomic mass is 10.2. The van der Waals surface area contributed by atoms with E-state index in [1.54, 1.807) is 18.2 Å². The van der Waals surface area contributed by atoms with Gasteiger partial charge in [0.2, 0.25) is 5.43 Å². The van der Waals surface area contributed by atoms with Gasteiger partial charge in [0.05, 0.1) is 18.3 Å². The smallest absolute Gasteiger partial charge is 0.207 e. The molecular formula is C10H8N2O2. The molecule has 1 aromatic heterocycles. The van der Waals surface area contributed by atoms with Crippen LogP contribution < -0.4 is 5.43 Å². The van der Waals surface area contributed by atoms with Gasteiger partial charge in [-0.2, -0.15) is 5.10 Å². The maximum Gasteiger partial charge on any atom is 0.207 e. The van der Waals surface area contributed by atoms with Gasteiger partial charge in [-0.3, -0.25) is 9.48 Å². The zero-order valence-corrected chi connectivity index (χ0v) is 7.38. The quantitative estimate of drug-likeness (QED) is 0.648. The van der Waals surface area contributed by atoms with E-state index in [1.807, 2.05) is 6.07 Å². The lowest BCUT2D eigenvalue weighted by molar-refractivity contribution is -0.108. The Bertz CT molecular complexity index is 531. The van der Waals surface area contributed by atoms with Crippen LogP contribution in [-0.2, 0) is 11.3 Å². The number of carbonyl (C=O) groups excluding carboxylic acids is 1. The molecule has 0 atom stereocenters. The van der Waals surface area contributed by atoms with Crippen molar-refractivity contribution in [3.8, 4) is 0 Å². The summed E-state index contributed by atoms with van der Waals surface area (Å²) in [5, 5.41) is 4.46. The van der Waals surface area contributed by atoms with Crippen molar-refractivity contribution in [3.05, 3.63) is 40.7 Å². The van der Waals surface area contributed by atoms with Gasteiger partial charge >= 0.3 is 0 Å². The van der Waals surface area contributed by atoms with Crippen LogP contribution in [0, 0.1) is 0 Å². The van der Waals surface area contributed by atoms with Crippen LogP contribution in [0.5, 0.6) is 0 Å². The molecule has 4 heteroatoms. The lowest BCUT2D eigenvalue weighted by Gasteiger charge is -2.04. The molecular weight excluding hydrogens is 180 g/mol. The van der Waals surface area contributed by atoms with Gasteiger partial charge in [-0.05, 0) is 12.1 Å². The maximum atomic E-state index is 11.4. The second-order valence-corrected chi connectivity index (χ2v) is 2.87. The predicted octanol–water partition coefficient (Wildman–Crippen LogP) is 0.595. The predicted molar refractivity (Wildman–Crippen MR) is 52.1 cm³/mol. The third-order valence-electron chi connectivity index (χ3n) is 2.01. The first-order valence-corrected chi connectivity index (χ1v) is 4.21. The summed E-state index contributed by atoms with van der Waals surface area (Å²) in [5.41, 5.74) is 0.565. The number of hydrogen-bond donors (Lipinski definition) is 0. The van der Waals surface area contributed by atoms with Gasteiger partial charge in [0.1, 0.15) is 6.29 Å². The minimum Gasteiger partial charge on any atom is -0.301 e. The third kappa shape index (κ3) is 1.31. The van der Waals surface area contributed by atoms with Gasteiger partial charge in [0.25, 0.3) is 0 Å². The van der Waals surface area contributed by atoms with E-state index < -0.39 is 0 Å². The minimum absolute atomic E-state index is 0.122. The van der Waals surface area contributed by atoms with E-state index in [4.69, 9.17) is 0 Å². The van der Waals surface area contributed by atoms with Crippen LogP contribution in [0.4, 0.5) is 0 Å². The van der Waals surface area contributed by atoms with E-state index in [2.05, 4.69) is 5.10 Å². The standard InChI is InChI=1S/C10H8N2O2/c13-6-5-12-9-4-2-1-3-8(9)10(14)7-11-12/h1-4,6-7H,5H2. The Morgan fingerprint density at radius 2 is 2.14 bits per heavy atom. The van der Waals surface area contributed by atoms with Gasteiger partial charge in [-0.1, -0.05) is 12.1 Å². The molecule has 2 rings (SSSR count). The van der Waals surface area contributed by atoms with Crippen LogP contribution in [-0.4, -0.2) is 16.1 Å². The van der Waals surface area contributed by atoms with Crippen molar-refractivity contribution >= 4 is 17.2 Å². The summed E-state index contributed by atoms with van der Waals surface area (Å²) in [6.45, 7) is 0.167. The van der Waals surface area contributed by atoms with Crippen molar-refractivity contribution in [2.24, 2.45) is 0 Å². The molecule has 70 valence electrons. The number of fused-ring (bicyclic) bond motifs is 1. The summed E-state index contributed by atoms with van der Waals surface area (Å²) in [6.07, 6.45) is 1.98. The number of rotatable bonds is 2. The van der Waals surface area contributed by atoms with Crippen molar-refractivity contribution in [1.29, 1.82) is 0 Å². The van der Waals surface area contributed by atoms with E-state index in [9.17, 15) is 9.59 Å². The molecule has 1 aromatic carbocycles. The molecule has 0 aliphatic rings. The molecule has 14 heavy (non-hydrogen) atoms. The fourth-order valence-corrected chi connectivity index (χ4v) is 1.38. The van der Waals surface area contributed by atoms with Crippen molar-refractivity contribution in [2.75, 3.05) is 0 Å². The fraction of sp³-hybridized carbons (Fsp3) is 0.100. The number of nitrogens with zero attached hydrogens (tertiary/aromatic N) is 2. The largest absolute Gasteiger partial charge is 0.301 e. The summed E-state index contributed by atoms with van der Waals surface area (Å²) >= 11 is 0. The van der Waals surface area contributed by atoms with Crippen LogP contribution in [0.3, 0.4) is 0 Å². The number of hydrogen-bond acceptors (Lipinski definition) is 3. The summed E-state index contributed by atoms with van der Waals surface area (Å²) in [6, 6.07) is 7.09. The fourth-order valence-electron chi connectivity index (χ4n) is 1.38. The Hall–Kier alpha value is -1.97. The molecule has 4 nitrogen and oxygen atoms in total. The first-order valence-electron chi connectivity index (χ1n) is 4.21. The summed E-state index contributed by atoms with van der Waals surface area (Å²) in [5.74, 6) is 0. The molecule has 0 aliphatic carbocycles. The molecule has 0 unspecified atom stereocenters. The maximum absolute atomic E-state index is 11.4. The first-order chi connectivity index (χ1) is 6.83. The van der Waals surface area contributed by atoms with Gasteiger partial charge in [-0.25, -0.2) is 0 Å². The monoisotopic (exact) mass is 188 g/mol. The van der Waals surface area contributed by atoms with Crippen LogP contribution >= 0.6 is 0 Å². The van der Waals surface area contributed by atoms with Crippen molar-refractivity contribution in [2.45, 2.75) is 6.54 Å². The number of para-hydroxylation sites is 1. The van der Waals surface area contributed by atoms with E-state index >= 15 is 0 Å². The van der Waals surface area contributed by atoms with Crippen LogP contribution in [0.25, 0.3) is 10.9 Å². The molecule has 0 spiro atoms. The normalized spacial score (nSPS) is 10.3. The zero-order chi connectivity index (χ0) is 9.97. The van der Waals surface area contributed by atoms with E-state index in [1.165, 1.54) is 10.9 Å². The van der Waals surface area contributed by atoms with Gasteiger partial charge in [0.15, 0.2) is 0 Å². The molecule has 0 saturated carbocycles. The summed E-state index contributed by atoms with van der Waals surface area (Å²) in [4.78, 5) is 21.7. The highest BCUT2D eigenvalue weighted by molar-refractivity contribution is 5.78. The van der Waals surface area contributed by atoms with Crippen molar-refractivity contribution in [1.82, 2.24) is 9.78 Å². The first kappa shape index (κ1) is 8.62. The molecule has 0 aliphatic heterocycles. The van der Waals surface area contributed by atoms with E-state index in [0.717, 1.165) is 6.29 Å². The van der Waals surface area contributed by atoms with Gasteiger partial charge in [-0.15, -0.1) is 0 Å². The highest BCUT2D eigenvalue weighted by atomic mass is 16.1. The van der Waals surface area contributed by atoms with Crippen LogP contribution in [0.2, 0.25) is 0 Å². The van der Waals surface area contributed by atoms with Gasteiger partial charge < -0.3 is 4.79 Å². The van der Waals surface area contributed by atoms with Crippen LogP contribution in [0.1, 0.15) is 0 Å². The molecule has 0 saturated heterocycles. The molecule has 0 fully saturated rings. The summed E-state index contributed by atoms with van der Waals surface area (Å²) < 4.78 is 1.50. The number of aldehydes is 1. The van der Waals surface area contributed by atoms with Crippen LogP contribution in [0.15, 0.2) is 35.3 Å². The highest BCUT2D eigenvalue weighted by Crippen LogP contribution is 2.06. The van der Waals surface area contributed by atoms with E-state index in [0.29, 0.717) is 10.9 Å². The number of aromatic nitrogens is 2. The molecule has 0 bridgehead atoms. The number of benzene rings is 1. The van der Waals surface area contributed by atoms with Crippen molar-refractivity contribution < 1.29 is 4.79 Å². The molecule has 0 N–H and O–H groups in total. The summed E-state index contributed by atoms with van der Waals surface area (Å²) in [7, 11) is 0. The molecule has 0 amide bonds. The average molecular weight is 188 g/mol. The minimum atomic E-state index is -0.122. The highest BCUT2D eigenvalue weighted by Gasteiger charge is 2.01. The second-order valence-electron chi connectivity index (χ2n) is 2.87. The Morgan fingerprint density at radius 3 is 2.93 bits per heavy atom. The third-order valence-corrected chi connectivity index (χ3v) is 2.01. The molecule has 2 aromatic rings. The SMILES string of the molecule is O=CCn1ncc(=O)c2ccccc21. The second kappa shape index (κ2) is 3.41. The molecule has 1 heterocycles. The Labute approximate surface area is 79.8 Å². The molecule has 0 radical (unpaired) electrons. The average Bonchev–Trinajstić information content (AvgIpc) is 2.23. The zero-order valence-electron chi connectivity index (χ0n) is 7.38. The van der Waals surface area contributed by atoms with Gasteiger partial charge in [0, 0.05) is 5.39 Å². The Morgan fingerprint density at radius 1 is 1.36 bits per heavy atom. The Kier molecular flexibility index (Phi) is 2.10. The Balaban J connectivity index is 2.81. The number of carbonyl (C=O) groups is 1.